The van der Waals surface area contributed by atoms with E-state index in [2.05, 4.69) is 10.3 Å². The number of amides is 2. The van der Waals surface area contributed by atoms with Crippen molar-refractivity contribution in [3.63, 3.8) is 0 Å². The van der Waals surface area contributed by atoms with Crippen LogP contribution in [0.2, 0.25) is 0 Å². The van der Waals surface area contributed by atoms with Gasteiger partial charge in [-0.15, -0.1) is 0 Å². The molecular weight excluding hydrogens is 350 g/mol. The number of hydrogen-bond acceptors (Lipinski definition) is 3. The molecule has 4 aliphatic carbocycles. The Kier molecular flexibility index (Phi) is 4.14. The van der Waals surface area contributed by atoms with E-state index in [1.54, 1.807) is 0 Å². The van der Waals surface area contributed by atoms with Gasteiger partial charge in [-0.05, 0) is 68.4 Å². The van der Waals surface area contributed by atoms with Crippen molar-refractivity contribution < 1.29 is 9.59 Å². The molecule has 1 aromatic carbocycles. The Hall–Kier alpha value is -2.43. The highest BCUT2D eigenvalue weighted by molar-refractivity contribution is 5.90. The third-order valence-electron chi connectivity index (χ3n) is 7.24. The standard InChI is InChI=1S/C23H27N3O2/c24-21(27)20(10-18-6-5-17-3-1-2-4-19(17)25-18)26-22(28)23-11-14-7-15(12-23)9-16(8-14)13-23/h1-6,14-16,20H,7-13H2,(H2,24,27)(H,26,28)/t14?,15?,16?,20-,23?/m0/s1. The molecular formula is C23H27N3O2. The molecule has 146 valence electrons. The summed E-state index contributed by atoms with van der Waals surface area (Å²) in [6, 6.07) is 11.1. The van der Waals surface area contributed by atoms with Gasteiger partial charge in [0.15, 0.2) is 0 Å². The van der Waals surface area contributed by atoms with Gasteiger partial charge in [-0.1, -0.05) is 24.3 Å². The van der Waals surface area contributed by atoms with E-state index in [-0.39, 0.29) is 11.3 Å². The van der Waals surface area contributed by atoms with Gasteiger partial charge in [-0.2, -0.15) is 0 Å². The van der Waals surface area contributed by atoms with Crippen LogP contribution in [0.5, 0.6) is 0 Å². The molecule has 0 radical (unpaired) electrons. The van der Waals surface area contributed by atoms with Gasteiger partial charge in [0.25, 0.3) is 0 Å². The van der Waals surface area contributed by atoms with Crippen LogP contribution in [-0.2, 0) is 16.0 Å². The van der Waals surface area contributed by atoms with E-state index < -0.39 is 11.9 Å². The number of nitrogens with one attached hydrogen (secondary N) is 1. The Morgan fingerprint density at radius 3 is 2.32 bits per heavy atom. The molecule has 4 saturated carbocycles. The Morgan fingerprint density at radius 2 is 1.68 bits per heavy atom. The topological polar surface area (TPSA) is 85.1 Å². The van der Waals surface area contributed by atoms with Gasteiger partial charge >= 0.3 is 0 Å². The predicted octanol–water partition coefficient (Wildman–Crippen LogP) is 2.96. The highest BCUT2D eigenvalue weighted by atomic mass is 16.2. The van der Waals surface area contributed by atoms with E-state index in [0.717, 1.165) is 35.9 Å². The summed E-state index contributed by atoms with van der Waals surface area (Å²) in [7, 11) is 0. The molecule has 1 atom stereocenters. The van der Waals surface area contributed by atoms with Crippen LogP contribution in [0.15, 0.2) is 36.4 Å². The minimum Gasteiger partial charge on any atom is -0.368 e. The van der Waals surface area contributed by atoms with Crippen LogP contribution in [0.1, 0.15) is 44.2 Å². The zero-order valence-electron chi connectivity index (χ0n) is 16.1. The number of carbonyl (C=O) groups is 2. The van der Waals surface area contributed by atoms with Gasteiger partial charge in [0.1, 0.15) is 6.04 Å². The summed E-state index contributed by atoms with van der Waals surface area (Å²) in [5.41, 5.74) is 7.03. The fourth-order valence-electron chi connectivity index (χ4n) is 6.35. The Balaban J connectivity index is 1.34. The highest BCUT2D eigenvalue weighted by Crippen LogP contribution is 2.60. The average Bonchev–Trinajstić information content (AvgIpc) is 2.66. The molecule has 5 nitrogen and oxygen atoms in total. The summed E-state index contributed by atoms with van der Waals surface area (Å²) in [4.78, 5) is 30.0. The zero-order chi connectivity index (χ0) is 19.3. The van der Waals surface area contributed by atoms with Gasteiger partial charge in [-0.25, -0.2) is 0 Å². The maximum absolute atomic E-state index is 13.3. The number of hydrogen-bond donors (Lipinski definition) is 2. The smallest absolute Gasteiger partial charge is 0.240 e. The number of nitrogens with zero attached hydrogens (tertiary/aromatic N) is 1. The highest BCUT2D eigenvalue weighted by Gasteiger charge is 2.54. The lowest BCUT2D eigenvalue weighted by atomic mass is 9.49. The molecule has 4 aliphatic rings. The summed E-state index contributed by atoms with van der Waals surface area (Å²) < 4.78 is 0. The molecule has 4 bridgehead atoms. The number of nitrogens with two attached hydrogens (primary N) is 1. The van der Waals surface area contributed by atoms with Crippen molar-refractivity contribution in [2.45, 2.75) is 51.0 Å². The quantitative estimate of drug-likeness (QED) is 0.840. The normalized spacial score (nSPS) is 31.6. The second kappa shape index (κ2) is 6.57. The number of aromatic nitrogens is 1. The maximum atomic E-state index is 13.3. The molecule has 1 aromatic heterocycles. The number of fused-ring (bicyclic) bond motifs is 1. The number of pyridine rings is 1. The molecule has 1 heterocycles. The Bertz CT molecular complexity index is 903. The lowest BCUT2D eigenvalue weighted by molar-refractivity contribution is -0.148. The number of rotatable bonds is 5. The first kappa shape index (κ1) is 17.7. The lowest BCUT2D eigenvalue weighted by Crippen LogP contribution is -2.57. The van der Waals surface area contributed by atoms with E-state index in [1.165, 1.54) is 19.3 Å². The first-order valence-electron chi connectivity index (χ1n) is 10.5. The van der Waals surface area contributed by atoms with Crippen molar-refractivity contribution in [2.24, 2.45) is 28.9 Å². The van der Waals surface area contributed by atoms with Crippen molar-refractivity contribution in [1.82, 2.24) is 10.3 Å². The largest absolute Gasteiger partial charge is 0.368 e. The monoisotopic (exact) mass is 377 g/mol. The third kappa shape index (κ3) is 3.07. The van der Waals surface area contributed by atoms with Gasteiger partial charge in [0, 0.05) is 22.9 Å². The maximum Gasteiger partial charge on any atom is 0.240 e. The fraction of sp³-hybridized carbons (Fsp3) is 0.522. The molecule has 0 aliphatic heterocycles. The van der Waals surface area contributed by atoms with Crippen LogP contribution >= 0.6 is 0 Å². The van der Waals surface area contributed by atoms with E-state index >= 15 is 0 Å². The van der Waals surface area contributed by atoms with Crippen molar-refractivity contribution in [3.05, 3.63) is 42.1 Å². The van der Waals surface area contributed by atoms with Gasteiger partial charge in [0.2, 0.25) is 11.8 Å². The SMILES string of the molecule is NC(=O)[C@H](Cc1ccc2ccccc2n1)NC(=O)C12CC3CC(CC(C3)C1)C2. The molecule has 0 spiro atoms. The van der Waals surface area contributed by atoms with E-state index in [9.17, 15) is 9.59 Å². The molecule has 3 N–H and O–H groups in total. The first-order valence-corrected chi connectivity index (χ1v) is 10.5. The van der Waals surface area contributed by atoms with Crippen LogP contribution in [-0.4, -0.2) is 22.8 Å². The van der Waals surface area contributed by atoms with Crippen molar-refractivity contribution in [3.8, 4) is 0 Å². The minimum absolute atomic E-state index is 0.0381. The van der Waals surface area contributed by atoms with Crippen molar-refractivity contribution >= 4 is 22.7 Å². The Morgan fingerprint density at radius 1 is 1.04 bits per heavy atom. The molecule has 28 heavy (non-hydrogen) atoms. The fourth-order valence-corrected chi connectivity index (χ4v) is 6.35. The van der Waals surface area contributed by atoms with E-state index in [1.807, 2.05) is 36.4 Å². The summed E-state index contributed by atoms with van der Waals surface area (Å²) in [5.74, 6) is 1.60. The molecule has 2 amide bonds. The van der Waals surface area contributed by atoms with Crippen LogP contribution in [0.3, 0.4) is 0 Å². The third-order valence-corrected chi connectivity index (χ3v) is 7.24. The molecule has 5 heteroatoms. The van der Waals surface area contributed by atoms with Crippen LogP contribution in [0.25, 0.3) is 10.9 Å². The zero-order valence-corrected chi connectivity index (χ0v) is 16.1. The van der Waals surface area contributed by atoms with Crippen molar-refractivity contribution in [2.75, 3.05) is 0 Å². The summed E-state index contributed by atoms with van der Waals surface area (Å²) >= 11 is 0. The lowest BCUT2D eigenvalue weighted by Gasteiger charge is -2.55. The van der Waals surface area contributed by atoms with Crippen LogP contribution < -0.4 is 11.1 Å². The number of carbonyl (C=O) groups excluding carboxylic acids is 2. The predicted molar refractivity (Wildman–Crippen MR) is 107 cm³/mol. The summed E-state index contributed by atoms with van der Waals surface area (Å²) in [6.45, 7) is 0. The number of para-hydroxylation sites is 1. The minimum atomic E-state index is -0.714. The van der Waals surface area contributed by atoms with Gasteiger partial charge in [0.05, 0.1) is 5.52 Å². The summed E-state index contributed by atoms with van der Waals surface area (Å²) in [6.07, 6.45) is 7.12. The average molecular weight is 377 g/mol. The Labute approximate surface area is 165 Å². The second-order valence-electron chi connectivity index (χ2n) is 9.33. The van der Waals surface area contributed by atoms with Gasteiger partial charge in [-0.3, -0.25) is 14.6 Å². The number of primary amides is 1. The van der Waals surface area contributed by atoms with Crippen molar-refractivity contribution in [1.29, 1.82) is 0 Å². The molecule has 4 fully saturated rings. The van der Waals surface area contributed by atoms with Crippen LogP contribution in [0.4, 0.5) is 0 Å². The summed E-state index contributed by atoms with van der Waals surface area (Å²) in [5, 5.41) is 4.07. The second-order valence-corrected chi connectivity index (χ2v) is 9.33. The van der Waals surface area contributed by atoms with Gasteiger partial charge < -0.3 is 11.1 Å². The number of benzene rings is 1. The van der Waals surface area contributed by atoms with E-state index in [4.69, 9.17) is 5.73 Å². The van der Waals surface area contributed by atoms with Crippen LogP contribution in [0, 0.1) is 23.2 Å². The molecule has 2 aromatic rings. The molecule has 0 saturated heterocycles. The molecule has 0 unspecified atom stereocenters. The first-order chi connectivity index (χ1) is 13.5. The van der Waals surface area contributed by atoms with E-state index in [0.29, 0.717) is 24.2 Å². The molecule has 6 rings (SSSR count).